The fraction of sp³-hybridized carbons (Fsp3) is 0.400. The van der Waals surface area contributed by atoms with Gasteiger partial charge in [-0.2, -0.15) is 0 Å². The summed E-state index contributed by atoms with van der Waals surface area (Å²) in [5.41, 5.74) is 1.41. The number of hydrogen-bond donors (Lipinski definition) is 1. The van der Waals surface area contributed by atoms with Crippen molar-refractivity contribution in [2.45, 2.75) is 25.9 Å². The molecule has 1 atom stereocenters. The maximum absolute atomic E-state index is 13.2. The summed E-state index contributed by atoms with van der Waals surface area (Å²) in [7, 11) is 0. The molecular formula is C10H11F2N. The van der Waals surface area contributed by atoms with E-state index in [1.165, 1.54) is 6.07 Å². The Labute approximate surface area is 75.8 Å². The second-order valence-corrected chi connectivity index (χ2v) is 3.51. The Bertz CT molecular complexity index is 336. The van der Waals surface area contributed by atoms with Crippen molar-refractivity contribution in [3.8, 4) is 0 Å². The van der Waals surface area contributed by atoms with E-state index in [1.807, 2.05) is 6.92 Å². The van der Waals surface area contributed by atoms with Crippen molar-refractivity contribution in [1.82, 2.24) is 5.32 Å². The van der Waals surface area contributed by atoms with Crippen molar-refractivity contribution in [1.29, 1.82) is 0 Å². The van der Waals surface area contributed by atoms with E-state index in [0.717, 1.165) is 11.6 Å². The SMILES string of the molecule is CC1Cc2c(F)cc(F)cc2CN1. The van der Waals surface area contributed by atoms with Gasteiger partial charge in [0.2, 0.25) is 0 Å². The van der Waals surface area contributed by atoms with Gasteiger partial charge >= 0.3 is 0 Å². The first-order valence-electron chi connectivity index (χ1n) is 4.37. The van der Waals surface area contributed by atoms with Crippen LogP contribution in [0, 0.1) is 11.6 Å². The Balaban J connectivity index is 2.47. The van der Waals surface area contributed by atoms with E-state index >= 15 is 0 Å². The van der Waals surface area contributed by atoms with Gasteiger partial charge in [0.1, 0.15) is 11.6 Å². The van der Waals surface area contributed by atoms with Crippen LogP contribution >= 0.6 is 0 Å². The highest BCUT2D eigenvalue weighted by Gasteiger charge is 2.18. The predicted molar refractivity (Wildman–Crippen MR) is 46.4 cm³/mol. The van der Waals surface area contributed by atoms with Gasteiger partial charge in [0.05, 0.1) is 0 Å². The molecule has 1 aromatic rings. The molecule has 1 unspecified atom stereocenters. The zero-order valence-electron chi connectivity index (χ0n) is 7.40. The standard InChI is InChI=1S/C10H11F2N/c1-6-2-9-7(5-13-6)3-8(11)4-10(9)12/h3-4,6,13H,2,5H2,1H3. The van der Waals surface area contributed by atoms with E-state index in [1.54, 1.807) is 0 Å². The number of benzene rings is 1. The number of rotatable bonds is 0. The minimum atomic E-state index is -0.493. The highest BCUT2D eigenvalue weighted by Crippen LogP contribution is 2.21. The number of nitrogens with one attached hydrogen (secondary N) is 1. The molecule has 1 heterocycles. The third-order valence-electron chi connectivity index (χ3n) is 2.40. The fourth-order valence-electron chi connectivity index (χ4n) is 1.71. The van der Waals surface area contributed by atoms with Gasteiger partial charge in [-0.1, -0.05) is 0 Å². The van der Waals surface area contributed by atoms with Crippen molar-refractivity contribution < 1.29 is 8.78 Å². The summed E-state index contributed by atoms with van der Waals surface area (Å²) in [6.45, 7) is 2.55. The van der Waals surface area contributed by atoms with Gasteiger partial charge in [-0.05, 0) is 30.5 Å². The van der Waals surface area contributed by atoms with Gasteiger partial charge in [-0.3, -0.25) is 0 Å². The van der Waals surface area contributed by atoms with Gasteiger partial charge in [-0.15, -0.1) is 0 Å². The molecule has 1 aliphatic heterocycles. The molecule has 0 saturated heterocycles. The Hall–Kier alpha value is -0.960. The Morgan fingerprint density at radius 1 is 1.38 bits per heavy atom. The topological polar surface area (TPSA) is 12.0 Å². The Morgan fingerprint density at radius 2 is 2.15 bits per heavy atom. The predicted octanol–water partition coefficient (Wildman–Crippen LogP) is 2.00. The summed E-state index contributed by atoms with van der Waals surface area (Å²) < 4.78 is 26.0. The molecule has 3 heteroatoms. The quantitative estimate of drug-likeness (QED) is 0.648. The normalized spacial score (nSPS) is 21.3. The largest absolute Gasteiger partial charge is 0.310 e. The van der Waals surface area contributed by atoms with Crippen LogP contribution in [0.5, 0.6) is 0 Å². The molecule has 1 nitrogen and oxygen atoms in total. The number of fused-ring (bicyclic) bond motifs is 1. The van der Waals surface area contributed by atoms with E-state index in [2.05, 4.69) is 5.32 Å². The van der Waals surface area contributed by atoms with E-state index in [-0.39, 0.29) is 6.04 Å². The fourth-order valence-corrected chi connectivity index (χ4v) is 1.71. The lowest BCUT2D eigenvalue weighted by molar-refractivity contribution is 0.481. The van der Waals surface area contributed by atoms with Crippen LogP contribution in [0.3, 0.4) is 0 Å². The molecule has 0 bridgehead atoms. The highest BCUT2D eigenvalue weighted by molar-refractivity contribution is 5.32. The second kappa shape index (κ2) is 3.07. The molecule has 2 rings (SSSR count). The Morgan fingerprint density at radius 3 is 2.92 bits per heavy atom. The van der Waals surface area contributed by atoms with Crippen LogP contribution in [0.4, 0.5) is 8.78 Å². The molecule has 0 radical (unpaired) electrons. The van der Waals surface area contributed by atoms with Crippen LogP contribution in [-0.2, 0) is 13.0 Å². The van der Waals surface area contributed by atoms with E-state index in [0.29, 0.717) is 18.5 Å². The molecule has 1 aromatic carbocycles. The maximum Gasteiger partial charge on any atom is 0.129 e. The van der Waals surface area contributed by atoms with Crippen molar-refractivity contribution in [3.05, 3.63) is 34.9 Å². The molecule has 0 saturated carbocycles. The van der Waals surface area contributed by atoms with E-state index in [9.17, 15) is 8.78 Å². The van der Waals surface area contributed by atoms with Crippen LogP contribution in [0.15, 0.2) is 12.1 Å². The smallest absolute Gasteiger partial charge is 0.129 e. The minimum absolute atomic E-state index is 0.271. The van der Waals surface area contributed by atoms with Gasteiger partial charge in [0.25, 0.3) is 0 Å². The van der Waals surface area contributed by atoms with Crippen molar-refractivity contribution in [2.75, 3.05) is 0 Å². The molecule has 70 valence electrons. The lowest BCUT2D eigenvalue weighted by Gasteiger charge is -2.23. The Kier molecular flexibility index (Phi) is 2.04. The third kappa shape index (κ3) is 1.56. The summed E-state index contributed by atoms with van der Waals surface area (Å²) in [5, 5.41) is 3.16. The lowest BCUT2D eigenvalue weighted by atomic mass is 9.96. The molecule has 1 aliphatic rings. The molecule has 0 spiro atoms. The van der Waals surface area contributed by atoms with Gasteiger partial charge in [0, 0.05) is 18.7 Å². The maximum atomic E-state index is 13.2. The van der Waals surface area contributed by atoms with Crippen LogP contribution in [0.2, 0.25) is 0 Å². The van der Waals surface area contributed by atoms with Crippen molar-refractivity contribution in [2.24, 2.45) is 0 Å². The third-order valence-corrected chi connectivity index (χ3v) is 2.40. The summed E-state index contributed by atoms with van der Waals surface area (Å²) in [4.78, 5) is 0. The van der Waals surface area contributed by atoms with Crippen LogP contribution < -0.4 is 5.32 Å². The lowest BCUT2D eigenvalue weighted by Crippen LogP contribution is -2.33. The average molecular weight is 183 g/mol. The molecule has 13 heavy (non-hydrogen) atoms. The zero-order chi connectivity index (χ0) is 9.42. The molecule has 0 fully saturated rings. The summed E-state index contributed by atoms with van der Waals surface area (Å²) >= 11 is 0. The molecular weight excluding hydrogens is 172 g/mol. The zero-order valence-corrected chi connectivity index (χ0v) is 7.40. The van der Waals surface area contributed by atoms with E-state index < -0.39 is 11.6 Å². The number of hydrogen-bond acceptors (Lipinski definition) is 1. The summed E-state index contributed by atoms with van der Waals surface area (Å²) in [5.74, 6) is -0.907. The monoisotopic (exact) mass is 183 g/mol. The highest BCUT2D eigenvalue weighted by atomic mass is 19.1. The number of halogens is 2. The first-order valence-corrected chi connectivity index (χ1v) is 4.37. The van der Waals surface area contributed by atoms with Crippen molar-refractivity contribution >= 4 is 0 Å². The van der Waals surface area contributed by atoms with Gasteiger partial charge in [-0.25, -0.2) is 8.78 Å². The van der Waals surface area contributed by atoms with Crippen LogP contribution in [-0.4, -0.2) is 6.04 Å². The molecule has 0 aromatic heterocycles. The molecule has 0 amide bonds. The average Bonchev–Trinajstić information content (AvgIpc) is 2.06. The van der Waals surface area contributed by atoms with Gasteiger partial charge < -0.3 is 5.32 Å². The molecule has 0 aliphatic carbocycles. The first-order chi connectivity index (χ1) is 6.16. The first kappa shape index (κ1) is 8.63. The second-order valence-electron chi connectivity index (χ2n) is 3.51. The van der Waals surface area contributed by atoms with Crippen LogP contribution in [0.25, 0.3) is 0 Å². The van der Waals surface area contributed by atoms with Crippen LogP contribution in [0.1, 0.15) is 18.1 Å². The minimum Gasteiger partial charge on any atom is -0.310 e. The van der Waals surface area contributed by atoms with Crippen molar-refractivity contribution in [3.63, 3.8) is 0 Å². The van der Waals surface area contributed by atoms with E-state index in [4.69, 9.17) is 0 Å². The molecule has 1 N–H and O–H groups in total. The summed E-state index contributed by atoms with van der Waals surface area (Å²) in [6, 6.07) is 2.63. The summed E-state index contributed by atoms with van der Waals surface area (Å²) in [6.07, 6.45) is 0.640. The van der Waals surface area contributed by atoms with Gasteiger partial charge in [0.15, 0.2) is 0 Å².